The summed E-state index contributed by atoms with van der Waals surface area (Å²) in [7, 11) is 0. The standard InChI is InChI=1S/C60H41FN2S/c61-47-29-36-58-56(39-47)53-17-4-6-21-57(53)63(58)51-16-9-14-45(38-51)43-27-34-50(35-28-43)62(48-30-23-41(24-31-48)40-11-2-1-3-12-40)49-32-25-42(26-33-49)44-13-8-15-46(37-44)52-19-10-20-55-54-18-5-7-22-59(54)64-60(52)55/h1-23,25-30,32-39H,24,31H2. The van der Waals surface area contributed by atoms with Crippen molar-refractivity contribution in [2.45, 2.75) is 12.8 Å². The summed E-state index contributed by atoms with van der Waals surface area (Å²) >= 11 is 1.87. The molecule has 0 amide bonds. The number of hydrogen-bond acceptors (Lipinski definition) is 2. The summed E-state index contributed by atoms with van der Waals surface area (Å²) in [6, 6.07) is 75.0. The van der Waals surface area contributed by atoms with E-state index in [4.69, 9.17) is 0 Å². The van der Waals surface area contributed by atoms with Crippen LogP contribution in [0.3, 0.4) is 0 Å². The van der Waals surface area contributed by atoms with Gasteiger partial charge in [-0.2, -0.15) is 0 Å². The van der Waals surface area contributed by atoms with Gasteiger partial charge in [-0.1, -0.05) is 146 Å². The molecule has 0 spiro atoms. The van der Waals surface area contributed by atoms with E-state index in [2.05, 4.69) is 204 Å². The molecule has 2 nitrogen and oxygen atoms in total. The van der Waals surface area contributed by atoms with E-state index in [1.807, 2.05) is 29.5 Å². The maximum Gasteiger partial charge on any atom is 0.123 e. The maximum absolute atomic E-state index is 14.5. The van der Waals surface area contributed by atoms with Gasteiger partial charge in [-0.3, -0.25) is 0 Å². The fourth-order valence-electron chi connectivity index (χ4n) is 9.68. The second-order valence-corrected chi connectivity index (χ2v) is 17.6. The van der Waals surface area contributed by atoms with Gasteiger partial charge < -0.3 is 9.47 Å². The van der Waals surface area contributed by atoms with Gasteiger partial charge in [0.2, 0.25) is 0 Å². The molecule has 1 aliphatic rings. The molecule has 2 heterocycles. The van der Waals surface area contributed by atoms with Crippen molar-refractivity contribution >= 4 is 70.3 Å². The highest BCUT2D eigenvalue weighted by molar-refractivity contribution is 7.26. The quantitative estimate of drug-likeness (QED) is 0.148. The predicted octanol–water partition coefficient (Wildman–Crippen LogP) is 17.2. The third-order valence-electron chi connectivity index (χ3n) is 12.8. The second-order valence-electron chi connectivity index (χ2n) is 16.6. The average molecular weight is 841 g/mol. The van der Waals surface area contributed by atoms with Crippen LogP contribution in [0.1, 0.15) is 18.4 Å². The largest absolute Gasteiger partial charge is 0.314 e. The van der Waals surface area contributed by atoms with Crippen molar-refractivity contribution in [3.63, 3.8) is 0 Å². The molecule has 0 saturated carbocycles. The van der Waals surface area contributed by atoms with Crippen LogP contribution in [-0.4, -0.2) is 4.57 Å². The van der Waals surface area contributed by atoms with Gasteiger partial charge in [-0.15, -0.1) is 11.3 Å². The molecule has 0 atom stereocenters. The molecule has 0 fully saturated rings. The lowest BCUT2D eigenvalue weighted by atomic mass is 9.94. The van der Waals surface area contributed by atoms with Crippen LogP contribution in [0, 0.1) is 5.82 Å². The Morgan fingerprint density at radius 1 is 0.422 bits per heavy atom. The number of benzene rings is 9. The van der Waals surface area contributed by atoms with Gasteiger partial charge in [0.15, 0.2) is 0 Å². The number of nitrogens with zero attached hydrogens (tertiary/aromatic N) is 2. The van der Waals surface area contributed by atoms with Crippen LogP contribution in [0.25, 0.3) is 86.6 Å². The van der Waals surface area contributed by atoms with Crippen molar-refractivity contribution in [2.24, 2.45) is 0 Å². The normalized spacial score (nSPS) is 12.8. The number of rotatable bonds is 8. The van der Waals surface area contributed by atoms with E-state index in [-0.39, 0.29) is 5.82 Å². The molecule has 0 radical (unpaired) electrons. The lowest BCUT2D eigenvalue weighted by Gasteiger charge is -2.30. The van der Waals surface area contributed by atoms with Crippen LogP contribution >= 0.6 is 11.3 Å². The smallest absolute Gasteiger partial charge is 0.123 e. The molecule has 11 aromatic rings. The van der Waals surface area contributed by atoms with Crippen LogP contribution in [0.5, 0.6) is 0 Å². The highest BCUT2D eigenvalue weighted by atomic mass is 32.1. The molecular weight excluding hydrogens is 800 g/mol. The Morgan fingerprint density at radius 3 is 1.81 bits per heavy atom. The van der Waals surface area contributed by atoms with Gasteiger partial charge in [0, 0.05) is 53.7 Å². The molecule has 0 N–H and O–H groups in total. The Balaban J connectivity index is 0.894. The fraction of sp³-hybridized carbons (Fsp3) is 0.0333. The first-order valence-electron chi connectivity index (χ1n) is 21.9. The van der Waals surface area contributed by atoms with Crippen LogP contribution in [0.4, 0.5) is 15.8 Å². The van der Waals surface area contributed by atoms with E-state index in [0.717, 1.165) is 62.8 Å². The van der Waals surface area contributed by atoms with Gasteiger partial charge in [-0.05, 0) is 136 Å². The first-order valence-corrected chi connectivity index (χ1v) is 22.7. The van der Waals surface area contributed by atoms with Crippen molar-refractivity contribution in [3.05, 3.63) is 242 Å². The molecule has 4 heteroatoms. The van der Waals surface area contributed by atoms with Gasteiger partial charge in [0.25, 0.3) is 0 Å². The van der Waals surface area contributed by atoms with Crippen molar-refractivity contribution in [1.29, 1.82) is 0 Å². The molecule has 0 aliphatic heterocycles. The molecule has 2 aromatic heterocycles. The number of aromatic nitrogens is 1. The lowest BCUT2D eigenvalue weighted by Crippen LogP contribution is -2.17. The SMILES string of the molecule is Fc1ccc2c(c1)c1ccccc1n2-c1cccc(-c2ccc(N(C3=CC=C(c4ccccc4)CC3)c3ccc(-c4cccc(-c5cccc6c5sc5ccccc56)c4)cc3)cc2)c1. The maximum atomic E-state index is 14.5. The fourth-order valence-corrected chi connectivity index (χ4v) is 10.9. The molecular formula is C60H41FN2S. The Labute approximate surface area is 375 Å². The summed E-state index contributed by atoms with van der Waals surface area (Å²) in [5.41, 5.74) is 16.3. The zero-order valence-corrected chi connectivity index (χ0v) is 35.8. The highest BCUT2D eigenvalue weighted by Crippen LogP contribution is 2.42. The van der Waals surface area contributed by atoms with Crippen molar-refractivity contribution in [2.75, 3.05) is 4.90 Å². The molecule has 64 heavy (non-hydrogen) atoms. The molecule has 1 aliphatic carbocycles. The number of fused-ring (bicyclic) bond motifs is 6. The van der Waals surface area contributed by atoms with Crippen LogP contribution in [0.15, 0.2) is 230 Å². The number of halogens is 1. The zero-order valence-electron chi connectivity index (χ0n) is 35.0. The monoisotopic (exact) mass is 840 g/mol. The van der Waals surface area contributed by atoms with Crippen molar-refractivity contribution in [3.8, 4) is 39.1 Å². The summed E-state index contributed by atoms with van der Waals surface area (Å²) in [6.45, 7) is 0. The van der Waals surface area contributed by atoms with E-state index in [1.165, 1.54) is 59.3 Å². The third kappa shape index (κ3) is 6.71. The Hall–Kier alpha value is -7.79. The summed E-state index contributed by atoms with van der Waals surface area (Å²) in [6.07, 6.45) is 6.47. The van der Waals surface area contributed by atoms with Crippen LogP contribution in [0.2, 0.25) is 0 Å². The molecule has 0 saturated heterocycles. The third-order valence-corrected chi connectivity index (χ3v) is 14.0. The van der Waals surface area contributed by atoms with Crippen molar-refractivity contribution < 1.29 is 4.39 Å². The molecule has 0 unspecified atom stereocenters. The topological polar surface area (TPSA) is 8.17 Å². The van der Waals surface area contributed by atoms with E-state index in [1.54, 1.807) is 12.1 Å². The molecule has 12 rings (SSSR count). The summed E-state index contributed by atoms with van der Waals surface area (Å²) in [5.74, 6) is -0.228. The van der Waals surface area contributed by atoms with Gasteiger partial charge in [0.05, 0.1) is 11.0 Å². The molecule has 304 valence electrons. The number of anilines is 2. The van der Waals surface area contributed by atoms with Gasteiger partial charge >= 0.3 is 0 Å². The first-order chi connectivity index (χ1) is 31.6. The molecule has 0 bridgehead atoms. The minimum atomic E-state index is -0.228. The van der Waals surface area contributed by atoms with Crippen LogP contribution in [-0.2, 0) is 0 Å². The number of para-hydroxylation sites is 1. The van der Waals surface area contributed by atoms with E-state index < -0.39 is 0 Å². The Bertz CT molecular complexity index is 3610. The highest BCUT2D eigenvalue weighted by Gasteiger charge is 2.20. The Morgan fingerprint density at radius 2 is 1.05 bits per heavy atom. The summed E-state index contributed by atoms with van der Waals surface area (Å²) in [5, 5.41) is 4.59. The second kappa shape index (κ2) is 15.8. The average Bonchev–Trinajstić information content (AvgIpc) is 3.91. The van der Waals surface area contributed by atoms with Crippen LogP contribution < -0.4 is 4.90 Å². The summed E-state index contributed by atoms with van der Waals surface area (Å²) in [4.78, 5) is 2.41. The predicted molar refractivity (Wildman–Crippen MR) is 270 cm³/mol. The van der Waals surface area contributed by atoms with Gasteiger partial charge in [0.1, 0.15) is 5.82 Å². The first kappa shape index (κ1) is 37.9. The summed E-state index contributed by atoms with van der Waals surface area (Å²) < 4.78 is 19.4. The van der Waals surface area contributed by atoms with E-state index >= 15 is 0 Å². The van der Waals surface area contributed by atoms with E-state index in [0.29, 0.717) is 0 Å². The lowest BCUT2D eigenvalue weighted by molar-refractivity contribution is 0.629. The number of thiophene rings is 1. The molecule has 9 aromatic carbocycles. The Kier molecular flexibility index (Phi) is 9.39. The minimum absolute atomic E-state index is 0.228. The number of allylic oxidation sites excluding steroid dienone is 4. The van der Waals surface area contributed by atoms with Gasteiger partial charge in [-0.25, -0.2) is 4.39 Å². The minimum Gasteiger partial charge on any atom is -0.314 e. The zero-order chi connectivity index (χ0) is 42.6. The number of hydrogen-bond donors (Lipinski definition) is 0. The van der Waals surface area contributed by atoms with Crippen molar-refractivity contribution in [1.82, 2.24) is 4.57 Å². The van der Waals surface area contributed by atoms with E-state index in [9.17, 15) is 4.39 Å².